The van der Waals surface area contributed by atoms with Crippen LogP contribution in [0.3, 0.4) is 0 Å². The zero-order valence-corrected chi connectivity index (χ0v) is 10.9. The lowest BCUT2D eigenvalue weighted by Gasteiger charge is -2.26. The van der Waals surface area contributed by atoms with Crippen molar-refractivity contribution in [1.82, 2.24) is 0 Å². The number of fused-ring (bicyclic) bond motifs is 1. The lowest BCUT2D eigenvalue weighted by atomic mass is 9.97. The van der Waals surface area contributed by atoms with E-state index in [0.29, 0.717) is 5.75 Å². The zero-order chi connectivity index (χ0) is 13.9. The van der Waals surface area contributed by atoms with Crippen LogP contribution in [0.2, 0.25) is 0 Å². The molecule has 1 heterocycles. The van der Waals surface area contributed by atoms with Gasteiger partial charge < -0.3 is 19.7 Å². The zero-order valence-electron chi connectivity index (χ0n) is 10.9. The predicted octanol–water partition coefficient (Wildman–Crippen LogP) is 2.40. The molecule has 0 spiro atoms. The fourth-order valence-corrected chi connectivity index (χ4v) is 2.44. The van der Waals surface area contributed by atoms with Gasteiger partial charge in [0, 0.05) is 0 Å². The minimum absolute atomic E-state index is 0.0259. The van der Waals surface area contributed by atoms with Crippen molar-refractivity contribution in [2.45, 2.75) is 25.4 Å². The third-order valence-corrected chi connectivity index (χ3v) is 3.41. The highest BCUT2D eigenvalue weighted by Crippen LogP contribution is 2.34. The van der Waals surface area contributed by atoms with Crippen molar-refractivity contribution >= 4 is 0 Å². The van der Waals surface area contributed by atoms with E-state index in [1.165, 1.54) is 5.56 Å². The molecule has 0 saturated heterocycles. The molecule has 1 unspecified atom stereocenters. The molecule has 0 bridgehead atoms. The predicted molar refractivity (Wildman–Crippen MR) is 73.4 cm³/mol. The Bertz CT molecular complexity index is 577. The van der Waals surface area contributed by atoms with Gasteiger partial charge in [-0.2, -0.15) is 0 Å². The topological polar surface area (TPSA) is 58.9 Å². The molecule has 4 heteroatoms. The molecule has 0 aromatic heterocycles. The number of aryl methyl sites for hydroxylation is 1. The summed E-state index contributed by atoms with van der Waals surface area (Å²) >= 11 is 0. The Kier molecular flexibility index (Phi) is 3.58. The third kappa shape index (κ3) is 2.76. The van der Waals surface area contributed by atoms with Gasteiger partial charge in [0.2, 0.25) is 0 Å². The Morgan fingerprint density at radius 2 is 1.80 bits per heavy atom. The highest BCUT2D eigenvalue weighted by atomic mass is 16.7. The Hall–Kier alpha value is -2.04. The molecule has 2 N–H and O–H groups in total. The summed E-state index contributed by atoms with van der Waals surface area (Å²) in [5.41, 5.74) is 2.30. The number of hydrogen-bond acceptors (Lipinski definition) is 4. The smallest absolute Gasteiger partial charge is 0.310 e. The monoisotopic (exact) mass is 272 g/mol. The maximum Gasteiger partial charge on any atom is 0.310 e. The second-order valence-corrected chi connectivity index (χ2v) is 4.77. The Balaban J connectivity index is 1.74. The highest BCUT2D eigenvalue weighted by molar-refractivity contribution is 5.37. The van der Waals surface area contributed by atoms with E-state index in [4.69, 9.17) is 19.7 Å². The molecule has 104 valence electrons. The molecule has 4 nitrogen and oxygen atoms in total. The average Bonchev–Trinajstić information content (AvgIpc) is 2.47. The average molecular weight is 272 g/mol. The fraction of sp³-hybridized carbons (Fsp3) is 0.250. The quantitative estimate of drug-likeness (QED) is 0.842. The normalized spacial score (nSPS) is 17.4. The van der Waals surface area contributed by atoms with Crippen LogP contribution in [0.4, 0.5) is 0 Å². The van der Waals surface area contributed by atoms with E-state index in [-0.39, 0.29) is 6.10 Å². The van der Waals surface area contributed by atoms with Crippen molar-refractivity contribution in [1.29, 1.82) is 0 Å². The number of aliphatic hydroxyl groups excluding tert-OH is 1. The van der Waals surface area contributed by atoms with Gasteiger partial charge in [0.15, 0.2) is 0 Å². The lowest BCUT2D eigenvalue weighted by molar-refractivity contribution is -0.179. The Morgan fingerprint density at radius 3 is 2.55 bits per heavy atom. The van der Waals surface area contributed by atoms with Crippen LogP contribution in [-0.4, -0.2) is 16.7 Å². The van der Waals surface area contributed by atoms with Crippen LogP contribution < -0.4 is 9.47 Å². The maximum atomic E-state index is 8.74. The van der Waals surface area contributed by atoms with Crippen LogP contribution in [0.15, 0.2) is 48.5 Å². The van der Waals surface area contributed by atoms with Crippen molar-refractivity contribution in [3.05, 3.63) is 59.7 Å². The number of benzene rings is 2. The molecule has 2 aromatic carbocycles. The van der Waals surface area contributed by atoms with Crippen LogP contribution in [0, 0.1) is 0 Å². The molecule has 0 aliphatic carbocycles. The fourth-order valence-electron chi connectivity index (χ4n) is 2.44. The first kappa shape index (κ1) is 13.0. The van der Waals surface area contributed by atoms with Crippen molar-refractivity contribution in [2.75, 3.05) is 0 Å². The van der Waals surface area contributed by atoms with Crippen LogP contribution in [0.5, 0.6) is 11.5 Å². The van der Waals surface area contributed by atoms with E-state index in [1.54, 1.807) is 12.1 Å². The minimum atomic E-state index is -1.79. The summed E-state index contributed by atoms with van der Waals surface area (Å²) in [5.74, 6) is 1.36. The van der Waals surface area contributed by atoms with E-state index >= 15 is 0 Å². The van der Waals surface area contributed by atoms with Crippen molar-refractivity contribution in [3.63, 3.8) is 0 Å². The lowest BCUT2D eigenvalue weighted by Crippen LogP contribution is -2.15. The molecule has 2 aromatic rings. The molecule has 0 fully saturated rings. The summed E-state index contributed by atoms with van der Waals surface area (Å²) in [6.07, 6.45) is 1.95. The summed E-state index contributed by atoms with van der Waals surface area (Å²) in [5, 5.41) is 17.5. The second kappa shape index (κ2) is 5.53. The second-order valence-electron chi connectivity index (χ2n) is 4.77. The molecule has 1 aliphatic heterocycles. The first-order valence-corrected chi connectivity index (χ1v) is 6.60. The van der Waals surface area contributed by atoms with Gasteiger partial charge in [0.25, 0.3) is 0 Å². The van der Waals surface area contributed by atoms with Crippen molar-refractivity contribution < 1.29 is 19.7 Å². The summed E-state index contributed by atoms with van der Waals surface area (Å²) in [4.78, 5) is 0. The number of hydrogen-bond donors (Lipinski definition) is 2. The van der Waals surface area contributed by atoms with Crippen molar-refractivity contribution in [3.8, 4) is 11.5 Å². The molecule has 3 rings (SSSR count). The molecule has 0 radical (unpaired) electrons. The minimum Gasteiger partial charge on any atom is -0.485 e. The molecular formula is C16H16O4. The third-order valence-electron chi connectivity index (χ3n) is 3.41. The van der Waals surface area contributed by atoms with Crippen molar-refractivity contribution in [2.24, 2.45) is 0 Å². The largest absolute Gasteiger partial charge is 0.485 e. The SMILES string of the molecule is OC(O)Oc1ccc(C2CCc3ccccc3O2)cc1. The van der Waals surface area contributed by atoms with E-state index in [2.05, 4.69) is 6.07 Å². The molecule has 1 aliphatic rings. The standard InChI is InChI=1S/C16H16O4/c17-16(18)19-13-8-5-12(6-9-13)15-10-7-11-3-1-2-4-14(11)20-15/h1-6,8-9,15-18H,7,10H2. The number of para-hydroxylation sites is 1. The van der Waals surface area contributed by atoms with Crippen LogP contribution in [-0.2, 0) is 6.42 Å². The Labute approximate surface area is 117 Å². The number of aliphatic hydroxyl groups is 2. The van der Waals surface area contributed by atoms with Crippen LogP contribution in [0.25, 0.3) is 0 Å². The molecule has 0 saturated carbocycles. The molecule has 20 heavy (non-hydrogen) atoms. The van der Waals surface area contributed by atoms with Gasteiger partial charge >= 0.3 is 6.48 Å². The summed E-state index contributed by atoms with van der Waals surface area (Å²) in [6, 6.07) is 15.3. The number of rotatable bonds is 3. The van der Waals surface area contributed by atoms with Gasteiger partial charge in [-0.3, -0.25) is 0 Å². The van der Waals surface area contributed by atoms with Crippen LogP contribution >= 0.6 is 0 Å². The summed E-state index contributed by atoms with van der Waals surface area (Å²) in [7, 11) is 0. The first-order chi connectivity index (χ1) is 9.72. The summed E-state index contributed by atoms with van der Waals surface area (Å²) < 4.78 is 10.8. The van der Waals surface area contributed by atoms with E-state index in [0.717, 1.165) is 24.2 Å². The van der Waals surface area contributed by atoms with Gasteiger partial charge in [0.05, 0.1) is 0 Å². The highest BCUT2D eigenvalue weighted by Gasteiger charge is 2.20. The van der Waals surface area contributed by atoms with E-state index in [1.807, 2.05) is 30.3 Å². The van der Waals surface area contributed by atoms with Gasteiger partial charge in [-0.1, -0.05) is 30.3 Å². The molecular weight excluding hydrogens is 256 g/mol. The molecule has 0 amide bonds. The molecule has 1 atom stereocenters. The van der Waals surface area contributed by atoms with Gasteiger partial charge in [-0.25, -0.2) is 0 Å². The summed E-state index contributed by atoms with van der Waals surface area (Å²) in [6.45, 7) is -1.79. The van der Waals surface area contributed by atoms with E-state index < -0.39 is 6.48 Å². The van der Waals surface area contributed by atoms with Gasteiger partial charge in [-0.15, -0.1) is 0 Å². The van der Waals surface area contributed by atoms with Gasteiger partial charge in [0.1, 0.15) is 17.6 Å². The van der Waals surface area contributed by atoms with E-state index in [9.17, 15) is 0 Å². The Morgan fingerprint density at radius 1 is 1.05 bits per heavy atom. The maximum absolute atomic E-state index is 8.74. The van der Waals surface area contributed by atoms with Crippen LogP contribution in [0.1, 0.15) is 23.7 Å². The number of ether oxygens (including phenoxy) is 2. The first-order valence-electron chi connectivity index (χ1n) is 6.60. The van der Waals surface area contributed by atoms with Gasteiger partial charge in [-0.05, 0) is 42.2 Å².